The Hall–Kier alpha value is -8.52. The maximum absolute atomic E-state index is 2.43. The summed E-state index contributed by atoms with van der Waals surface area (Å²) in [7, 11) is 0. The second kappa shape index (κ2) is 17.0. The minimum Gasteiger partial charge on any atom is -0.310 e. The van der Waals surface area contributed by atoms with Crippen LogP contribution >= 0.6 is 0 Å². The van der Waals surface area contributed by atoms with Gasteiger partial charge in [0.15, 0.2) is 0 Å². The highest BCUT2D eigenvalue weighted by atomic mass is 15.1. The quantitative estimate of drug-likeness (QED) is 0.140. The van der Waals surface area contributed by atoms with E-state index in [1.54, 1.807) is 0 Å². The Bertz CT molecular complexity index is 3440. The minimum atomic E-state index is -0.209. The minimum absolute atomic E-state index is 0.209. The molecule has 0 aliphatic heterocycles. The van der Waals surface area contributed by atoms with Gasteiger partial charge >= 0.3 is 0 Å². The Balaban J connectivity index is 0.869. The van der Waals surface area contributed by atoms with Gasteiger partial charge in [-0.3, -0.25) is 0 Å². The summed E-state index contributed by atoms with van der Waals surface area (Å²) in [6, 6.07) is 95.5. The third kappa shape index (κ3) is 7.59. The summed E-state index contributed by atoms with van der Waals surface area (Å²) in [4.78, 5) is 2.41. The summed E-state index contributed by atoms with van der Waals surface area (Å²) in [6.07, 6.45) is 0. The highest BCUT2D eigenvalue weighted by molar-refractivity contribution is 5.90. The van der Waals surface area contributed by atoms with Crippen LogP contribution in [0.4, 0.5) is 17.1 Å². The molecule has 0 N–H and O–H groups in total. The van der Waals surface area contributed by atoms with E-state index in [9.17, 15) is 0 Å². The molecule has 0 amide bonds. The van der Waals surface area contributed by atoms with Gasteiger partial charge in [-0.25, -0.2) is 0 Å². The van der Waals surface area contributed by atoms with Crippen molar-refractivity contribution in [2.75, 3.05) is 4.90 Å². The first kappa shape index (κ1) is 40.9. The Morgan fingerprint density at radius 2 is 0.544 bits per heavy atom. The van der Waals surface area contributed by atoms with Crippen LogP contribution in [0.15, 0.2) is 261 Å². The van der Waals surface area contributed by atoms with Crippen LogP contribution in [0.25, 0.3) is 88.7 Å². The largest absolute Gasteiger partial charge is 0.310 e. The van der Waals surface area contributed by atoms with Crippen LogP contribution < -0.4 is 4.90 Å². The summed E-state index contributed by atoms with van der Waals surface area (Å²) in [5.41, 5.74) is 23.0. The maximum atomic E-state index is 2.43. The van der Waals surface area contributed by atoms with E-state index in [0.29, 0.717) is 0 Å². The molecule has 1 nitrogen and oxygen atoms in total. The Morgan fingerprint density at radius 3 is 1.01 bits per heavy atom. The molecule has 1 aliphatic carbocycles. The SMILES string of the molecule is CC1(C)c2cc(-c3ccc(-c4ccc5ccccc5c4)cc3)ccc2-c2ccc(N(c3ccc(-c4ccc(-c5ccccc5)cc4)cc3)c3ccc(-c4ccc(-c5ccccc5)cc4)cc3)cc21. The lowest BCUT2D eigenvalue weighted by molar-refractivity contribution is 0.660. The molecule has 0 aromatic heterocycles. The molecule has 1 heteroatoms. The zero-order valence-electron chi connectivity index (χ0n) is 38.3. The number of anilines is 3. The van der Waals surface area contributed by atoms with E-state index in [0.717, 1.165) is 17.1 Å². The lowest BCUT2D eigenvalue weighted by Crippen LogP contribution is -2.16. The number of hydrogen-bond acceptors (Lipinski definition) is 1. The smallest absolute Gasteiger partial charge is 0.0465 e. The Morgan fingerprint density at radius 1 is 0.235 bits per heavy atom. The highest BCUT2D eigenvalue weighted by Crippen LogP contribution is 2.52. The summed E-state index contributed by atoms with van der Waals surface area (Å²) in [6.45, 7) is 4.77. The summed E-state index contributed by atoms with van der Waals surface area (Å²) >= 11 is 0. The molecule has 68 heavy (non-hydrogen) atoms. The fraction of sp³-hybridized carbons (Fsp3) is 0.0448. The molecule has 0 unspecified atom stereocenters. The standard InChI is InChI=1S/C67H49N/c1-67(2)65-44-59(56-27-25-55(26-28-56)58-30-29-48-15-9-10-16-57(48)43-58)35-41-63(65)64-42-40-62(45-66(64)67)68(60-36-31-53(32-37-60)51-21-17-49(18-22-51)46-11-5-3-6-12-46)61-38-33-54(34-39-61)52-23-19-50(20-24-52)47-13-7-4-8-14-47/h3-45H,1-2H3. The normalized spacial score (nSPS) is 12.4. The van der Waals surface area contributed by atoms with Crippen molar-refractivity contribution in [3.8, 4) is 77.9 Å². The van der Waals surface area contributed by atoms with E-state index >= 15 is 0 Å². The molecule has 0 saturated heterocycles. The van der Waals surface area contributed by atoms with Gasteiger partial charge in [-0.15, -0.1) is 0 Å². The number of hydrogen-bond donors (Lipinski definition) is 0. The fourth-order valence-corrected chi connectivity index (χ4v) is 10.3. The highest BCUT2D eigenvalue weighted by Gasteiger charge is 2.36. The molecule has 0 atom stereocenters. The average molecular weight is 868 g/mol. The number of rotatable bonds is 9. The molecule has 0 bridgehead atoms. The topological polar surface area (TPSA) is 3.24 Å². The first-order valence-corrected chi connectivity index (χ1v) is 23.6. The van der Waals surface area contributed by atoms with Crippen LogP contribution in [-0.4, -0.2) is 0 Å². The first-order valence-electron chi connectivity index (χ1n) is 23.6. The van der Waals surface area contributed by atoms with Crippen LogP contribution in [0.5, 0.6) is 0 Å². The van der Waals surface area contributed by atoms with Gasteiger partial charge in [0.2, 0.25) is 0 Å². The van der Waals surface area contributed by atoms with E-state index < -0.39 is 0 Å². The van der Waals surface area contributed by atoms with Crippen molar-refractivity contribution in [1.82, 2.24) is 0 Å². The summed E-state index contributed by atoms with van der Waals surface area (Å²) in [5.74, 6) is 0. The first-order chi connectivity index (χ1) is 33.4. The van der Waals surface area contributed by atoms with Gasteiger partial charge in [-0.1, -0.05) is 226 Å². The number of benzene rings is 11. The monoisotopic (exact) mass is 867 g/mol. The third-order valence-corrected chi connectivity index (χ3v) is 14.1. The average Bonchev–Trinajstić information content (AvgIpc) is 3.64. The molecule has 0 radical (unpaired) electrons. The van der Waals surface area contributed by atoms with Gasteiger partial charge in [-0.2, -0.15) is 0 Å². The zero-order chi connectivity index (χ0) is 45.6. The van der Waals surface area contributed by atoms with Crippen molar-refractivity contribution >= 4 is 27.8 Å². The van der Waals surface area contributed by atoms with E-state index in [-0.39, 0.29) is 5.41 Å². The summed E-state index contributed by atoms with van der Waals surface area (Å²) < 4.78 is 0. The Kier molecular flexibility index (Phi) is 10.3. The maximum Gasteiger partial charge on any atom is 0.0465 e. The second-order valence-corrected chi connectivity index (χ2v) is 18.6. The van der Waals surface area contributed by atoms with E-state index in [1.165, 1.54) is 99.8 Å². The van der Waals surface area contributed by atoms with Crippen LogP contribution in [0.2, 0.25) is 0 Å². The van der Waals surface area contributed by atoms with Crippen LogP contribution in [-0.2, 0) is 5.41 Å². The van der Waals surface area contributed by atoms with Gasteiger partial charge in [0.1, 0.15) is 0 Å². The van der Waals surface area contributed by atoms with Gasteiger partial charge in [0.05, 0.1) is 0 Å². The van der Waals surface area contributed by atoms with Gasteiger partial charge < -0.3 is 4.90 Å². The number of fused-ring (bicyclic) bond motifs is 4. The van der Waals surface area contributed by atoms with Crippen molar-refractivity contribution in [1.29, 1.82) is 0 Å². The Labute approximate surface area is 399 Å². The van der Waals surface area contributed by atoms with E-state index in [4.69, 9.17) is 0 Å². The molecule has 1 aliphatic rings. The lowest BCUT2D eigenvalue weighted by atomic mass is 9.81. The molecule has 0 fully saturated rings. The van der Waals surface area contributed by atoms with Crippen molar-refractivity contribution in [2.45, 2.75) is 19.3 Å². The second-order valence-electron chi connectivity index (χ2n) is 18.6. The molecule has 0 heterocycles. The van der Waals surface area contributed by atoms with Crippen LogP contribution in [0.3, 0.4) is 0 Å². The van der Waals surface area contributed by atoms with Gasteiger partial charge in [0, 0.05) is 22.5 Å². The third-order valence-electron chi connectivity index (χ3n) is 14.1. The molecular weight excluding hydrogens is 819 g/mol. The van der Waals surface area contributed by atoms with Crippen LogP contribution in [0, 0.1) is 0 Å². The van der Waals surface area contributed by atoms with E-state index in [1.807, 2.05) is 0 Å². The predicted molar refractivity (Wildman–Crippen MR) is 289 cm³/mol. The molecule has 11 aromatic carbocycles. The lowest BCUT2D eigenvalue weighted by Gasteiger charge is -2.28. The number of nitrogens with zero attached hydrogens (tertiary/aromatic N) is 1. The van der Waals surface area contributed by atoms with Gasteiger partial charge in [-0.05, 0) is 148 Å². The molecule has 12 rings (SSSR count). The molecular formula is C67H49N. The van der Waals surface area contributed by atoms with E-state index in [2.05, 4.69) is 280 Å². The molecule has 0 saturated carbocycles. The van der Waals surface area contributed by atoms with Crippen molar-refractivity contribution < 1.29 is 0 Å². The molecule has 11 aromatic rings. The van der Waals surface area contributed by atoms with Crippen molar-refractivity contribution in [3.63, 3.8) is 0 Å². The van der Waals surface area contributed by atoms with Crippen molar-refractivity contribution in [2.24, 2.45) is 0 Å². The molecule has 0 spiro atoms. The zero-order valence-corrected chi connectivity index (χ0v) is 38.3. The fourth-order valence-electron chi connectivity index (χ4n) is 10.3. The van der Waals surface area contributed by atoms with Crippen molar-refractivity contribution in [3.05, 3.63) is 272 Å². The summed E-state index contributed by atoms with van der Waals surface area (Å²) in [5, 5.41) is 2.53. The molecule has 322 valence electrons. The van der Waals surface area contributed by atoms with Crippen LogP contribution in [0.1, 0.15) is 25.0 Å². The van der Waals surface area contributed by atoms with Gasteiger partial charge in [0.25, 0.3) is 0 Å². The predicted octanol–water partition coefficient (Wildman–Crippen LogP) is 18.6.